The Kier molecular flexibility index (Phi) is 5.75. The first kappa shape index (κ1) is 17.5. The van der Waals surface area contributed by atoms with Crippen molar-refractivity contribution >= 4 is 31.9 Å². The summed E-state index contributed by atoms with van der Waals surface area (Å²) >= 11 is 3.24. The lowest BCUT2D eigenvalue weighted by Crippen LogP contribution is -2.34. The number of phenolic OH excluding ortho intramolecular Hbond substituents is 1. The van der Waals surface area contributed by atoms with Gasteiger partial charge in [0.05, 0.1) is 10.5 Å². The van der Waals surface area contributed by atoms with Crippen LogP contribution < -0.4 is 10.0 Å². The van der Waals surface area contributed by atoms with Crippen molar-refractivity contribution in [2.75, 3.05) is 13.1 Å². The summed E-state index contributed by atoms with van der Waals surface area (Å²) in [6.07, 6.45) is 0. The molecule has 0 atom stereocenters. The number of rotatable bonds is 6. The molecule has 1 amide bonds. The maximum atomic E-state index is 12.0. The van der Waals surface area contributed by atoms with Gasteiger partial charge in [-0.3, -0.25) is 4.79 Å². The van der Waals surface area contributed by atoms with Crippen molar-refractivity contribution in [2.45, 2.75) is 4.90 Å². The molecule has 0 aliphatic heterocycles. The zero-order chi connectivity index (χ0) is 16.9. The second kappa shape index (κ2) is 7.58. The zero-order valence-electron chi connectivity index (χ0n) is 12.0. The highest BCUT2D eigenvalue weighted by Crippen LogP contribution is 2.15. The molecular formula is C15H15BrN2O4S. The normalized spacial score (nSPS) is 11.2. The molecule has 3 N–H and O–H groups in total. The molecule has 122 valence electrons. The number of sulfonamides is 1. The number of para-hydroxylation sites is 1. The van der Waals surface area contributed by atoms with E-state index in [1.165, 1.54) is 24.3 Å². The van der Waals surface area contributed by atoms with Crippen LogP contribution in [0, 0.1) is 0 Å². The monoisotopic (exact) mass is 398 g/mol. The molecule has 0 saturated heterocycles. The summed E-state index contributed by atoms with van der Waals surface area (Å²) in [5.74, 6) is -0.591. The van der Waals surface area contributed by atoms with Crippen LogP contribution in [0.5, 0.6) is 5.75 Å². The molecule has 6 nitrogen and oxygen atoms in total. The van der Waals surface area contributed by atoms with E-state index in [1.54, 1.807) is 24.3 Å². The first-order chi connectivity index (χ1) is 10.9. The lowest BCUT2D eigenvalue weighted by molar-refractivity contribution is 0.0951. The minimum atomic E-state index is -3.62. The Balaban J connectivity index is 1.86. The maximum Gasteiger partial charge on any atom is 0.255 e. The van der Waals surface area contributed by atoms with E-state index in [1.807, 2.05) is 0 Å². The highest BCUT2D eigenvalue weighted by molar-refractivity contribution is 9.10. The van der Waals surface area contributed by atoms with E-state index >= 15 is 0 Å². The molecule has 0 aliphatic carbocycles. The van der Waals surface area contributed by atoms with Gasteiger partial charge in [0.1, 0.15) is 5.75 Å². The first-order valence-electron chi connectivity index (χ1n) is 6.71. The number of amides is 1. The largest absolute Gasteiger partial charge is 0.507 e. The standard InChI is InChI=1S/C15H15BrN2O4S/c16-11-5-7-12(8-6-11)23(21,22)18-10-9-17-15(20)13-3-1-2-4-14(13)19/h1-8,18-19H,9-10H2,(H,17,20). The second-order valence-electron chi connectivity index (χ2n) is 4.62. The van der Waals surface area contributed by atoms with Gasteiger partial charge in [0.15, 0.2) is 0 Å². The Morgan fingerprint density at radius 2 is 1.70 bits per heavy atom. The Labute approximate surface area is 142 Å². The van der Waals surface area contributed by atoms with Gasteiger partial charge >= 0.3 is 0 Å². The molecule has 0 heterocycles. The van der Waals surface area contributed by atoms with Crippen molar-refractivity contribution in [3.8, 4) is 5.75 Å². The third kappa shape index (κ3) is 4.78. The van der Waals surface area contributed by atoms with Crippen LogP contribution in [0.3, 0.4) is 0 Å². The molecule has 2 aromatic carbocycles. The molecule has 23 heavy (non-hydrogen) atoms. The highest BCUT2D eigenvalue weighted by atomic mass is 79.9. The first-order valence-corrected chi connectivity index (χ1v) is 8.99. The summed E-state index contributed by atoms with van der Waals surface area (Å²) in [6.45, 7) is 0.140. The van der Waals surface area contributed by atoms with E-state index in [4.69, 9.17) is 0 Å². The highest BCUT2D eigenvalue weighted by Gasteiger charge is 2.14. The zero-order valence-corrected chi connectivity index (χ0v) is 14.4. The van der Waals surface area contributed by atoms with E-state index in [9.17, 15) is 18.3 Å². The Bertz CT molecular complexity index is 791. The molecule has 2 aromatic rings. The van der Waals surface area contributed by atoms with Gasteiger partial charge < -0.3 is 10.4 Å². The molecular weight excluding hydrogens is 384 g/mol. The fourth-order valence-corrected chi connectivity index (χ4v) is 3.12. The number of aromatic hydroxyl groups is 1. The molecule has 0 radical (unpaired) electrons. The van der Waals surface area contributed by atoms with Crippen LogP contribution in [0.4, 0.5) is 0 Å². The smallest absolute Gasteiger partial charge is 0.255 e. The van der Waals surface area contributed by atoms with Crippen LogP contribution in [0.25, 0.3) is 0 Å². The molecule has 0 bridgehead atoms. The average molecular weight is 399 g/mol. The van der Waals surface area contributed by atoms with E-state index in [2.05, 4.69) is 26.0 Å². The Morgan fingerprint density at radius 1 is 1.04 bits per heavy atom. The SMILES string of the molecule is O=C(NCCNS(=O)(=O)c1ccc(Br)cc1)c1ccccc1O. The number of hydrogen-bond acceptors (Lipinski definition) is 4. The number of phenols is 1. The number of hydrogen-bond donors (Lipinski definition) is 3. The van der Waals surface area contributed by atoms with Crippen LogP contribution in [0.2, 0.25) is 0 Å². The lowest BCUT2D eigenvalue weighted by Gasteiger charge is -2.09. The van der Waals surface area contributed by atoms with Crippen molar-refractivity contribution in [3.05, 3.63) is 58.6 Å². The quantitative estimate of drug-likeness (QED) is 0.647. The lowest BCUT2D eigenvalue weighted by atomic mass is 10.2. The Morgan fingerprint density at radius 3 is 2.35 bits per heavy atom. The number of carbonyl (C=O) groups excluding carboxylic acids is 1. The third-order valence-electron chi connectivity index (χ3n) is 2.98. The van der Waals surface area contributed by atoms with Crippen LogP contribution in [-0.4, -0.2) is 32.5 Å². The van der Waals surface area contributed by atoms with Crippen molar-refractivity contribution in [2.24, 2.45) is 0 Å². The van der Waals surface area contributed by atoms with E-state index in [-0.39, 0.29) is 29.3 Å². The van der Waals surface area contributed by atoms with Crippen molar-refractivity contribution in [3.63, 3.8) is 0 Å². The maximum absolute atomic E-state index is 12.0. The number of carbonyl (C=O) groups is 1. The van der Waals surface area contributed by atoms with Crippen molar-refractivity contribution in [1.82, 2.24) is 10.0 Å². The molecule has 0 unspecified atom stereocenters. The molecule has 8 heteroatoms. The topological polar surface area (TPSA) is 95.5 Å². The van der Waals surface area contributed by atoms with E-state index in [0.29, 0.717) is 0 Å². The summed E-state index contributed by atoms with van der Waals surface area (Å²) in [4.78, 5) is 12.0. The summed E-state index contributed by atoms with van der Waals surface area (Å²) in [7, 11) is -3.62. The summed E-state index contributed by atoms with van der Waals surface area (Å²) in [5, 5.41) is 12.1. The minimum Gasteiger partial charge on any atom is -0.507 e. The molecule has 0 aromatic heterocycles. The predicted octanol–water partition coefficient (Wildman–Crippen LogP) is 1.86. The molecule has 0 spiro atoms. The Hall–Kier alpha value is -1.90. The van der Waals surface area contributed by atoms with Gasteiger partial charge in [-0.05, 0) is 36.4 Å². The minimum absolute atomic E-state index is 0.0394. The summed E-state index contributed by atoms with van der Waals surface area (Å²) in [5.41, 5.74) is 0.142. The fourth-order valence-electron chi connectivity index (χ4n) is 1.82. The van der Waals surface area contributed by atoms with Crippen LogP contribution >= 0.6 is 15.9 Å². The number of benzene rings is 2. The molecule has 2 rings (SSSR count). The van der Waals surface area contributed by atoms with Crippen molar-refractivity contribution in [1.29, 1.82) is 0 Å². The van der Waals surface area contributed by atoms with Gasteiger partial charge in [-0.2, -0.15) is 0 Å². The van der Waals surface area contributed by atoms with E-state index < -0.39 is 15.9 Å². The summed E-state index contributed by atoms with van der Waals surface area (Å²) < 4.78 is 27.2. The fraction of sp³-hybridized carbons (Fsp3) is 0.133. The average Bonchev–Trinajstić information content (AvgIpc) is 2.52. The second-order valence-corrected chi connectivity index (χ2v) is 7.31. The summed E-state index contributed by atoms with van der Waals surface area (Å²) in [6, 6.07) is 12.4. The van der Waals surface area contributed by atoms with Crippen LogP contribution in [0.15, 0.2) is 57.9 Å². The van der Waals surface area contributed by atoms with Crippen LogP contribution in [-0.2, 0) is 10.0 Å². The molecule has 0 fully saturated rings. The van der Waals surface area contributed by atoms with Gasteiger partial charge in [-0.1, -0.05) is 28.1 Å². The van der Waals surface area contributed by atoms with Gasteiger partial charge in [-0.15, -0.1) is 0 Å². The van der Waals surface area contributed by atoms with Gasteiger partial charge in [0.25, 0.3) is 5.91 Å². The van der Waals surface area contributed by atoms with E-state index in [0.717, 1.165) is 4.47 Å². The van der Waals surface area contributed by atoms with Gasteiger partial charge in [-0.25, -0.2) is 13.1 Å². The van der Waals surface area contributed by atoms with Gasteiger partial charge in [0.2, 0.25) is 10.0 Å². The predicted molar refractivity (Wildman–Crippen MR) is 89.8 cm³/mol. The number of halogens is 1. The van der Waals surface area contributed by atoms with Crippen molar-refractivity contribution < 1.29 is 18.3 Å². The number of nitrogens with one attached hydrogen (secondary N) is 2. The molecule has 0 saturated carbocycles. The van der Waals surface area contributed by atoms with Gasteiger partial charge in [0, 0.05) is 17.6 Å². The van der Waals surface area contributed by atoms with Crippen LogP contribution in [0.1, 0.15) is 10.4 Å². The molecule has 0 aliphatic rings. The third-order valence-corrected chi connectivity index (χ3v) is 4.98.